The molecule has 418 valence electrons. The van der Waals surface area contributed by atoms with Gasteiger partial charge in [-0.2, -0.15) is 0 Å². The average molecular weight is 1050 g/mol. The van der Waals surface area contributed by atoms with Crippen molar-refractivity contribution in [3.63, 3.8) is 0 Å². The first kappa shape index (κ1) is 56.2. The number of hydrogen-bond acceptors (Lipinski definition) is 21. The molecule has 0 amide bonds. The van der Waals surface area contributed by atoms with Gasteiger partial charge >= 0.3 is 5.97 Å². The number of carbonyl (C=O) groups excluding carboxylic acids is 1. The van der Waals surface area contributed by atoms with Crippen LogP contribution in [0.1, 0.15) is 113 Å². The van der Waals surface area contributed by atoms with Crippen LogP contribution in [0.3, 0.4) is 0 Å². The number of allylic oxidation sites excluding steroid dienone is 2. The Bertz CT molecular complexity index is 2020. The number of aliphatic hydroxyl groups is 12. The number of esters is 1. The third-order valence-corrected chi connectivity index (χ3v) is 20.6. The van der Waals surface area contributed by atoms with Gasteiger partial charge in [0.2, 0.25) is 6.29 Å². The van der Waals surface area contributed by atoms with Crippen LogP contribution in [0, 0.1) is 50.2 Å². The Labute approximate surface area is 426 Å². The van der Waals surface area contributed by atoms with Gasteiger partial charge in [-0.05, 0) is 110 Å². The number of hydrogen-bond donors (Lipinski definition) is 12. The van der Waals surface area contributed by atoms with E-state index in [1.807, 2.05) is 0 Å². The lowest BCUT2D eigenvalue weighted by atomic mass is 9.33. The van der Waals surface area contributed by atoms with E-state index in [-0.39, 0.29) is 40.6 Å². The van der Waals surface area contributed by atoms with Crippen molar-refractivity contribution < 1.29 is 104 Å². The molecule has 12 N–H and O–H groups in total. The standard InChI is InChI=1S/C52H84O21/c1-22-32(57)35(60)38(63)44(68-22)72-41-39(64)45(69-27(19-53)40(41)71-42-36(61)33(58)25(54)20-66-42)70-31-12-13-49(6)28(48(31,4)5)11-14-50(7)29(49)10-9-23-24-17-47(2,3)15-16-52(24,30(56)18-51(23,50)8)46(65)73-43-37(62)34(59)26(55)21-67-43/h9,22,24-45,53-64H,10-21H2,1-8H3/t22-,24-,25+,26-,27+,28-,29+,30+,31-,32-,33-,34-,35+,36+,37+,38+,39+,40+,41+,42-,43-,44-,45-,49-,50+,51+,52+/m0/s1. The van der Waals surface area contributed by atoms with Gasteiger partial charge in [-0.1, -0.05) is 60.1 Å². The van der Waals surface area contributed by atoms with Crippen molar-refractivity contribution in [3.8, 4) is 0 Å². The fourth-order valence-corrected chi connectivity index (χ4v) is 16.0. The van der Waals surface area contributed by atoms with E-state index < -0.39 is 158 Å². The second-order valence-corrected chi connectivity index (χ2v) is 25.5. The van der Waals surface area contributed by atoms with Crippen LogP contribution in [0.15, 0.2) is 11.6 Å². The summed E-state index contributed by atoms with van der Waals surface area (Å²) in [5.41, 5.74) is -2.02. The van der Waals surface area contributed by atoms with E-state index >= 15 is 0 Å². The smallest absolute Gasteiger partial charge is 0.317 e. The van der Waals surface area contributed by atoms with Crippen molar-refractivity contribution >= 4 is 5.97 Å². The van der Waals surface area contributed by atoms with Crippen LogP contribution in [0.25, 0.3) is 0 Å². The molecule has 0 unspecified atom stereocenters. The highest BCUT2D eigenvalue weighted by Crippen LogP contribution is 2.76. The summed E-state index contributed by atoms with van der Waals surface area (Å²) < 4.78 is 48.1. The minimum absolute atomic E-state index is 0.0757. The van der Waals surface area contributed by atoms with Crippen molar-refractivity contribution in [3.05, 3.63) is 11.6 Å². The molecule has 0 aromatic heterocycles. The molecule has 0 aromatic carbocycles. The van der Waals surface area contributed by atoms with Gasteiger partial charge in [0.05, 0.1) is 38.1 Å². The van der Waals surface area contributed by atoms with Crippen molar-refractivity contribution in [1.82, 2.24) is 0 Å². The summed E-state index contributed by atoms with van der Waals surface area (Å²) in [6, 6.07) is 0. The molecule has 9 aliphatic rings. The predicted molar refractivity (Wildman–Crippen MR) is 251 cm³/mol. The molecule has 8 fully saturated rings. The Morgan fingerprint density at radius 3 is 1.89 bits per heavy atom. The van der Waals surface area contributed by atoms with Crippen LogP contribution in [0.5, 0.6) is 0 Å². The van der Waals surface area contributed by atoms with Crippen molar-refractivity contribution in [1.29, 1.82) is 0 Å². The molecule has 0 aromatic rings. The molecule has 9 rings (SSSR count). The quantitative estimate of drug-likeness (QED) is 0.0767. The fraction of sp³-hybridized carbons (Fsp3) is 0.942. The fourth-order valence-electron chi connectivity index (χ4n) is 16.0. The normalized spacial score (nSPS) is 54.7. The molecular formula is C52H84O21. The Kier molecular flexibility index (Phi) is 15.4. The maximum Gasteiger partial charge on any atom is 0.317 e. The van der Waals surface area contributed by atoms with E-state index in [1.165, 1.54) is 6.92 Å². The molecule has 5 aliphatic carbocycles. The lowest BCUT2D eigenvalue weighted by Crippen LogP contribution is -2.68. The van der Waals surface area contributed by atoms with Crippen LogP contribution >= 0.6 is 0 Å². The van der Waals surface area contributed by atoms with Crippen LogP contribution < -0.4 is 0 Å². The molecular weight excluding hydrogens is 961 g/mol. The second-order valence-electron chi connectivity index (χ2n) is 25.5. The van der Waals surface area contributed by atoms with E-state index in [2.05, 4.69) is 54.5 Å². The number of carbonyl (C=O) groups is 1. The highest BCUT2D eigenvalue weighted by molar-refractivity contribution is 5.80. The second kappa shape index (κ2) is 20.0. The highest BCUT2D eigenvalue weighted by atomic mass is 16.8. The van der Waals surface area contributed by atoms with Gasteiger partial charge in [0, 0.05) is 0 Å². The number of aliphatic hydroxyl groups excluding tert-OH is 12. The monoisotopic (exact) mass is 1040 g/mol. The predicted octanol–water partition coefficient (Wildman–Crippen LogP) is -0.759. The molecule has 4 aliphatic heterocycles. The Balaban J connectivity index is 0.968. The van der Waals surface area contributed by atoms with Gasteiger partial charge in [-0.3, -0.25) is 4.79 Å². The maximum atomic E-state index is 14.7. The van der Waals surface area contributed by atoms with E-state index in [1.54, 1.807) is 0 Å². The van der Waals surface area contributed by atoms with Crippen LogP contribution in [-0.2, 0) is 42.7 Å². The molecule has 21 nitrogen and oxygen atoms in total. The van der Waals surface area contributed by atoms with Gasteiger partial charge in [0.1, 0.15) is 84.8 Å². The van der Waals surface area contributed by atoms with Gasteiger partial charge in [0.25, 0.3) is 0 Å². The van der Waals surface area contributed by atoms with Crippen molar-refractivity contribution in [2.24, 2.45) is 50.2 Å². The lowest BCUT2D eigenvalue weighted by Gasteiger charge is -2.71. The molecule has 0 radical (unpaired) electrons. The lowest BCUT2D eigenvalue weighted by molar-refractivity contribution is -0.388. The molecule has 73 heavy (non-hydrogen) atoms. The molecule has 21 heteroatoms. The summed E-state index contributed by atoms with van der Waals surface area (Å²) in [6.45, 7) is 15.6. The molecule has 4 saturated heterocycles. The minimum Gasteiger partial charge on any atom is -0.432 e. The molecule has 0 bridgehead atoms. The molecule has 27 atom stereocenters. The SMILES string of the molecule is C[C@@H]1O[C@@H](O[C@@H]2[C@@H](O)[C@H](O[C@H]3CC[C@]4(C)[C@H]5CC=C6[C@@H]7CC(C)(C)CC[C@]7(C(=O)O[C@@H]7OC[C@H](O)[C@H](O)[C@H]7O)[C@H](O)C[C@@]6(C)[C@]5(C)CC[C@H]4C3(C)C)O[C@H](CO)[C@H]2O[C@@H]2OC[C@@H](O)[C@H](O)[C@H]2O)[C@H](O)[C@H](O)[C@H]1O. The average Bonchev–Trinajstić information content (AvgIpc) is 3.32. The number of fused-ring (bicyclic) bond motifs is 7. The summed E-state index contributed by atoms with van der Waals surface area (Å²) in [4.78, 5) is 14.7. The third-order valence-electron chi connectivity index (χ3n) is 20.6. The van der Waals surface area contributed by atoms with E-state index in [9.17, 15) is 66.1 Å². The van der Waals surface area contributed by atoms with Crippen molar-refractivity contribution in [2.75, 3.05) is 19.8 Å². The molecule has 4 heterocycles. The van der Waals surface area contributed by atoms with Gasteiger partial charge in [-0.25, -0.2) is 0 Å². The van der Waals surface area contributed by atoms with Crippen molar-refractivity contribution in [2.45, 2.75) is 236 Å². The zero-order valence-corrected chi connectivity index (χ0v) is 43.4. The first-order chi connectivity index (χ1) is 34.1. The minimum atomic E-state index is -1.79. The molecule has 4 saturated carbocycles. The first-order valence-electron chi connectivity index (χ1n) is 26.6. The highest BCUT2D eigenvalue weighted by Gasteiger charge is 2.72. The number of ether oxygens (including phenoxy) is 8. The van der Waals surface area contributed by atoms with E-state index in [4.69, 9.17) is 37.9 Å². The zero-order valence-electron chi connectivity index (χ0n) is 43.4. The summed E-state index contributed by atoms with van der Waals surface area (Å²) in [5, 5.41) is 130. The summed E-state index contributed by atoms with van der Waals surface area (Å²) in [5.74, 6) is -0.849. The Morgan fingerprint density at radius 1 is 0.630 bits per heavy atom. The third kappa shape index (κ3) is 9.01. The molecule has 0 spiro atoms. The summed E-state index contributed by atoms with van der Waals surface area (Å²) in [7, 11) is 0. The van der Waals surface area contributed by atoms with E-state index in [0.717, 1.165) is 24.8 Å². The summed E-state index contributed by atoms with van der Waals surface area (Å²) in [6.07, 6.45) is -21.5. The zero-order chi connectivity index (χ0) is 53.3. The first-order valence-corrected chi connectivity index (χ1v) is 26.6. The van der Waals surface area contributed by atoms with E-state index in [0.29, 0.717) is 38.5 Å². The Hall–Kier alpha value is -1.55. The van der Waals surface area contributed by atoms with Gasteiger partial charge < -0.3 is 99.2 Å². The number of rotatable bonds is 9. The van der Waals surface area contributed by atoms with Crippen LogP contribution in [-0.4, -0.2) is 210 Å². The maximum absolute atomic E-state index is 14.7. The van der Waals surface area contributed by atoms with Crippen LogP contribution in [0.4, 0.5) is 0 Å². The Morgan fingerprint density at radius 2 is 1.23 bits per heavy atom. The van der Waals surface area contributed by atoms with Gasteiger partial charge in [0.15, 0.2) is 18.9 Å². The van der Waals surface area contributed by atoms with Crippen LogP contribution in [0.2, 0.25) is 0 Å². The topological polar surface area (TPSA) is 334 Å². The largest absolute Gasteiger partial charge is 0.432 e. The van der Waals surface area contributed by atoms with Gasteiger partial charge in [-0.15, -0.1) is 0 Å². The summed E-state index contributed by atoms with van der Waals surface area (Å²) >= 11 is 0.